The Hall–Kier alpha value is -3.27. The first-order valence-corrected chi connectivity index (χ1v) is 11.7. The Kier molecular flexibility index (Phi) is 5.60. The van der Waals surface area contributed by atoms with Gasteiger partial charge in [0.15, 0.2) is 0 Å². The largest absolute Gasteiger partial charge is 0.461 e. The minimum atomic E-state index is -0.0611. The van der Waals surface area contributed by atoms with E-state index in [2.05, 4.69) is 54.8 Å². The van der Waals surface area contributed by atoms with E-state index in [9.17, 15) is 4.79 Å². The van der Waals surface area contributed by atoms with Crippen molar-refractivity contribution in [3.05, 3.63) is 82.3 Å². The lowest BCUT2D eigenvalue weighted by atomic mass is 9.89. The van der Waals surface area contributed by atoms with Crippen molar-refractivity contribution in [3.8, 4) is 0 Å². The molecule has 164 valence electrons. The Morgan fingerprint density at radius 3 is 2.75 bits per heavy atom. The molecule has 1 amide bonds. The Balaban J connectivity index is 1.62. The molecule has 0 saturated heterocycles. The van der Waals surface area contributed by atoms with Gasteiger partial charge in [-0.3, -0.25) is 4.79 Å². The molecular weight excluding hydrogens is 396 g/mol. The van der Waals surface area contributed by atoms with Crippen LogP contribution >= 0.6 is 0 Å². The predicted molar refractivity (Wildman–Crippen MR) is 131 cm³/mol. The fraction of sp³-hybridized carbons (Fsp3) is 0.321. The maximum atomic E-state index is 12.9. The molecule has 1 atom stereocenters. The van der Waals surface area contributed by atoms with Gasteiger partial charge >= 0.3 is 0 Å². The standard InChI is InChI=1S/C28H30N2O2/c1-3-9-24(29-19-10-5-4-6-11-19)27-20-12-7-8-13-25(20)32-26(27)17-22-21-16-18(2)14-15-23(21)30-28(22)31/h4-6,10-11,14-17,24,29H,3,7-9,12-13H2,1-2H3,(H,30,31). The minimum absolute atomic E-state index is 0.0611. The van der Waals surface area contributed by atoms with Crippen LogP contribution in [0.15, 0.2) is 52.9 Å². The van der Waals surface area contributed by atoms with E-state index < -0.39 is 0 Å². The van der Waals surface area contributed by atoms with Gasteiger partial charge in [-0.25, -0.2) is 0 Å². The van der Waals surface area contributed by atoms with E-state index in [1.54, 1.807) is 0 Å². The normalized spacial score (nSPS) is 17.1. The van der Waals surface area contributed by atoms with E-state index in [4.69, 9.17) is 4.42 Å². The number of fused-ring (bicyclic) bond motifs is 2. The average molecular weight is 427 g/mol. The zero-order chi connectivity index (χ0) is 22.1. The number of hydrogen-bond acceptors (Lipinski definition) is 3. The van der Waals surface area contributed by atoms with Crippen molar-refractivity contribution < 1.29 is 9.21 Å². The van der Waals surface area contributed by atoms with Crippen LogP contribution < -0.4 is 10.6 Å². The number of carbonyl (C=O) groups is 1. The third kappa shape index (κ3) is 3.86. The minimum Gasteiger partial charge on any atom is -0.461 e. The number of para-hydroxylation sites is 1. The summed E-state index contributed by atoms with van der Waals surface area (Å²) >= 11 is 0. The molecule has 1 unspecified atom stereocenters. The molecule has 1 aliphatic heterocycles. The third-order valence-corrected chi connectivity index (χ3v) is 6.51. The lowest BCUT2D eigenvalue weighted by Gasteiger charge is -2.22. The molecular formula is C28H30N2O2. The van der Waals surface area contributed by atoms with Gasteiger partial charge in [0.1, 0.15) is 11.5 Å². The Morgan fingerprint density at radius 1 is 1.12 bits per heavy atom. The molecule has 1 aromatic heterocycles. The summed E-state index contributed by atoms with van der Waals surface area (Å²) < 4.78 is 6.46. The number of aryl methyl sites for hydroxylation is 2. The van der Waals surface area contributed by atoms with Crippen molar-refractivity contribution in [1.29, 1.82) is 0 Å². The highest BCUT2D eigenvalue weighted by Gasteiger charge is 2.30. The van der Waals surface area contributed by atoms with Crippen LogP contribution in [-0.2, 0) is 17.6 Å². The van der Waals surface area contributed by atoms with Crippen LogP contribution in [0.25, 0.3) is 11.6 Å². The molecule has 1 aliphatic carbocycles. The average Bonchev–Trinajstić information content (AvgIpc) is 3.31. The van der Waals surface area contributed by atoms with Gasteiger partial charge in [-0.2, -0.15) is 0 Å². The Morgan fingerprint density at radius 2 is 1.94 bits per heavy atom. The maximum absolute atomic E-state index is 12.9. The van der Waals surface area contributed by atoms with E-state index in [1.165, 1.54) is 17.5 Å². The first-order chi connectivity index (χ1) is 15.6. The summed E-state index contributed by atoms with van der Waals surface area (Å²) in [6.07, 6.45) is 8.38. The Bertz CT molecular complexity index is 1170. The molecule has 3 aromatic rings. The van der Waals surface area contributed by atoms with Crippen LogP contribution in [0.2, 0.25) is 0 Å². The van der Waals surface area contributed by atoms with Gasteiger partial charge in [0.05, 0.1) is 11.6 Å². The maximum Gasteiger partial charge on any atom is 0.256 e. The van der Waals surface area contributed by atoms with Gasteiger partial charge in [0.2, 0.25) is 0 Å². The second-order valence-corrected chi connectivity index (χ2v) is 8.90. The zero-order valence-corrected chi connectivity index (χ0v) is 18.8. The fourth-order valence-corrected chi connectivity index (χ4v) is 4.99. The second kappa shape index (κ2) is 8.70. The SMILES string of the molecule is CCCC(Nc1ccccc1)c1c(C=C2C(=O)Nc3ccc(C)cc32)oc2c1CCCC2. The highest BCUT2D eigenvalue weighted by molar-refractivity contribution is 6.34. The van der Waals surface area contributed by atoms with Gasteiger partial charge in [0, 0.05) is 28.9 Å². The Labute approximate surface area is 189 Å². The highest BCUT2D eigenvalue weighted by atomic mass is 16.3. The highest BCUT2D eigenvalue weighted by Crippen LogP contribution is 2.40. The first-order valence-electron chi connectivity index (χ1n) is 11.7. The van der Waals surface area contributed by atoms with E-state index in [1.807, 2.05) is 24.3 Å². The topological polar surface area (TPSA) is 54.3 Å². The number of amides is 1. The molecule has 0 fully saturated rings. The van der Waals surface area contributed by atoms with Crippen LogP contribution in [0.5, 0.6) is 0 Å². The van der Waals surface area contributed by atoms with E-state index in [-0.39, 0.29) is 11.9 Å². The van der Waals surface area contributed by atoms with Crippen LogP contribution in [0.4, 0.5) is 11.4 Å². The van der Waals surface area contributed by atoms with E-state index >= 15 is 0 Å². The smallest absolute Gasteiger partial charge is 0.256 e. The molecule has 4 nitrogen and oxygen atoms in total. The summed E-state index contributed by atoms with van der Waals surface area (Å²) in [5, 5.41) is 6.75. The number of furan rings is 1. The number of anilines is 2. The molecule has 2 N–H and O–H groups in total. The molecule has 2 aliphatic rings. The van der Waals surface area contributed by atoms with Crippen LogP contribution in [0.1, 0.15) is 72.4 Å². The summed E-state index contributed by atoms with van der Waals surface area (Å²) in [5.41, 5.74) is 7.33. The summed E-state index contributed by atoms with van der Waals surface area (Å²) in [6, 6.07) is 16.6. The summed E-state index contributed by atoms with van der Waals surface area (Å²) in [7, 11) is 0. The summed E-state index contributed by atoms with van der Waals surface area (Å²) in [6.45, 7) is 4.27. The van der Waals surface area contributed by atoms with Crippen molar-refractivity contribution in [2.24, 2.45) is 0 Å². The quantitative estimate of drug-likeness (QED) is 0.421. The van der Waals surface area contributed by atoms with Crippen molar-refractivity contribution in [2.45, 2.75) is 58.4 Å². The monoisotopic (exact) mass is 426 g/mol. The molecule has 5 rings (SSSR count). The van der Waals surface area contributed by atoms with Crippen molar-refractivity contribution >= 4 is 28.9 Å². The number of rotatable bonds is 6. The predicted octanol–water partition coefficient (Wildman–Crippen LogP) is 6.91. The van der Waals surface area contributed by atoms with Crippen LogP contribution in [0.3, 0.4) is 0 Å². The summed E-state index contributed by atoms with van der Waals surface area (Å²) in [5.74, 6) is 1.87. The fourth-order valence-electron chi connectivity index (χ4n) is 4.99. The van der Waals surface area contributed by atoms with Gasteiger partial charge < -0.3 is 15.1 Å². The number of carbonyl (C=O) groups excluding carboxylic acids is 1. The lowest BCUT2D eigenvalue weighted by molar-refractivity contribution is -0.110. The van der Waals surface area contributed by atoms with Crippen LogP contribution in [0, 0.1) is 6.92 Å². The van der Waals surface area contributed by atoms with Gasteiger partial charge in [-0.1, -0.05) is 43.2 Å². The molecule has 0 spiro atoms. The molecule has 2 aromatic carbocycles. The number of benzene rings is 2. The second-order valence-electron chi connectivity index (χ2n) is 8.90. The van der Waals surface area contributed by atoms with Gasteiger partial charge in [0.25, 0.3) is 5.91 Å². The van der Waals surface area contributed by atoms with Gasteiger partial charge in [-0.05, 0) is 68.5 Å². The molecule has 4 heteroatoms. The summed E-state index contributed by atoms with van der Waals surface area (Å²) in [4.78, 5) is 12.9. The number of hydrogen-bond donors (Lipinski definition) is 2. The third-order valence-electron chi connectivity index (χ3n) is 6.51. The van der Waals surface area contributed by atoms with Crippen molar-refractivity contribution in [1.82, 2.24) is 0 Å². The van der Waals surface area contributed by atoms with E-state index in [0.29, 0.717) is 5.57 Å². The molecule has 0 radical (unpaired) electrons. The molecule has 32 heavy (non-hydrogen) atoms. The van der Waals surface area contributed by atoms with Gasteiger partial charge in [-0.15, -0.1) is 0 Å². The number of nitrogens with one attached hydrogen (secondary N) is 2. The zero-order valence-electron chi connectivity index (χ0n) is 18.8. The molecule has 0 saturated carbocycles. The molecule has 0 bridgehead atoms. The lowest BCUT2D eigenvalue weighted by Crippen LogP contribution is -2.14. The van der Waals surface area contributed by atoms with Crippen molar-refractivity contribution in [3.63, 3.8) is 0 Å². The van der Waals surface area contributed by atoms with Crippen LogP contribution in [-0.4, -0.2) is 5.91 Å². The molecule has 2 heterocycles. The van der Waals surface area contributed by atoms with E-state index in [0.717, 1.165) is 66.1 Å². The van der Waals surface area contributed by atoms with Crippen molar-refractivity contribution in [2.75, 3.05) is 10.6 Å². The first kappa shape index (κ1) is 20.6.